The smallest absolute Gasteiger partial charge is 0.276 e. The lowest BCUT2D eigenvalue weighted by atomic mass is 10.1. The molecule has 4 rings (SSSR count). The van der Waals surface area contributed by atoms with Crippen LogP contribution >= 0.6 is 0 Å². The molecule has 0 fully saturated rings. The molecule has 0 saturated heterocycles. The van der Waals surface area contributed by atoms with E-state index in [9.17, 15) is 9.18 Å². The first kappa shape index (κ1) is 17.0. The van der Waals surface area contributed by atoms with Crippen molar-refractivity contribution in [1.29, 1.82) is 0 Å². The maximum absolute atomic E-state index is 13.8. The van der Waals surface area contributed by atoms with Gasteiger partial charge in [0.15, 0.2) is 5.69 Å². The second-order valence-electron chi connectivity index (χ2n) is 6.53. The standard InChI is InChI=1S/C20H18FN5O/c1-10-12(3)25-26-18(10)20(27)23-14-7-13-8-17(24-19(13)22-9-14)15-5-4-6-16(21)11(15)2/h4-9H,1-3H3,(H,22,24)(H,23,27)(H,25,26). The summed E-state index contributed by atoms with van der Waals surface area (Å²) in [6.07, 6.45) is 1.58. The Morgan fingerprint density at radius 1 is 1.15 bits per heavy atom. The molecule has 6 nitrogen and oxygen atoms in total. The molecule has 0 aliphatic heterocycles. The normalized spacial score (nSPS) is 11.1. The zero-order valence-corrected chi connectivity index (χ0v) is 15.1. The Hall–Kier alpha value is -3.48. The summed E-state index contributed by atoms with van der Waals surface area (Å²) >= 11 is 0. The second-order valence-corrected chi connectivity index (χ2v) is 6.53. The number of halogens is 1. The molecule has 7 heteroatoms. The summed E-state index contributed by atoms with van der Waals surface area (Å²) in [5, 5.41) is 10.5. The highest BCUT2D eigenvalue weighted by molar-refractivity contribution is 6.04. The van der Waals surface area contributed by atoms with Gasteiger partial charge in [0.25, 0.3) is 5.91 Å². The van der Waals surface area contributed by atoms with Gasteiger partial charge in [-0.1, -0.05) is 12.1 Å². The fraction of sp³-hybridized carbons (Fsp3) is 0.150. The van der Waals surface area contributed by atoms with Crippen LogP contribution in [0.2, 0.25) is 0 Å². The maximum Gasteiger partial charge on any atom is 0.276 e. The molecule has 136 valence electrons. The number of nitrogens with zero attached hydrogens (tertiary/aromatic N) is 2. The Morgan fingerprint density at radius 3 is 2.70 bits per heavy atom. The molecule has 3 heterocycles. The number of aromatic amines is 2. The number of benzene rings is 1. The number of aryl methyl sites for hydroxylation is 1. The lowest BCUT2D eigenvalue weighted by Gasteiger charge is -2.03. The zero-order valence-electron chi connectivity index (χ0n) is 15.1. The largest absolute Gasteiger partial charge is 0.339 e. The number of pyridine rings is 1. The van der Waals surface area contributed by atoms with Crippen molar-refractivity contribution in [2.24, 2.45) is 0 Å². The highest BCUT2D eigenvalue weighted by Gasteiger charge is 2.15. The first-order valence-corrected chi connectivity index (χ1v) is 8.51. The molecule has 0 unspecified atom stereocenters. The highest BCUT2D eigenvalue weighted by Crippen LogP contribution is 2.28. The van der Waals surface area contributed by atoms with Gasteiger partial charge in [0.05, 0.1) is 11.9 Å². The Labute approximate surface area is 154 Å². The van der Waals surface area contributed by atoms with Gasteiger partial charge in [0.2, 0.25) is 0 Å². The number of aromatic nitrogens is 4. The van der Waals surface area contributed by atoms with E-state index in [1.807, 2.05) is 32.0 Å². The van der Waals surface area contributed by atoms with Crippen LogP contribution in [0.4, 0.5) is 10.1 Å². The lowest BCUT2D eigenvalue weighted by molar-refractivity contribution is 0.102. The van der Waals surface area contributed by atoms with Gasteiger partial charge in [-0.2, -0.15) is 5.10 Å². The number of hydrogen-bond acceptors (Lipinski definition) is 3. The quantitative estimate of drug-likeness (QED) is 0.508. The average molecular weight is 363 g/mol. The number of carbonyl (C=O) groups excluding carboxylic acids is 1. The molecule has 27 heavy (non-hydrogen) atoms. The molecule has 0 spiro atoms. The van der Waals surface area contributed by atoms with Crippen LogP contribution in [0.25, 0.3) is 22.3 Å². The summed E-state index contributed by atoms with van der Waals surface area (Å²) in [5.41, 5.74) is 5.38. The summed E-state index contributed by atoms with van der Waals surface area (Å²) in [4.78, 5) is 20.0. The molecular formula is C20H18FN5O. The van der Waals surface area contributed by atoms with Crippen LogP contribution in [0.5, 0.6) is 0 Å². The number of amides is 1. The van der Waals surface area contributed by atoms with Gasteiger partial charge >= 0.3 is 0 Å². The van der Waals surface area contributed by atoms with Crippen LogP contribution in [-0.2, 0) is 0 Å². The van der Waals surface area contributed by atoms with E-state index in [1.54, 1.807) is 19.2 Å². The third-order valence-electron chi connectivity index (χ3n) is 4.75. The number of hydrogen-bond donors (Lipinski definition) is 3. The number of carbonyl (C=O) groups is 1. The van der Waals surface area contributed by atoms with Crippen molar-refractivity contribution in [2.45, 2.75) is 20.8 Å². The molecule has 3 N–H and O–H groups in total. The Morgan fingerprint density at radius 2 is 1.96 bits per heavy atom. The number of rotatable bonds is 3. The first-order valence-electron chi connectivity index (χ1n) is 8.51. The summed E-state index contributed by atoms with van der Waals surface area (Å²) in [6, 6.07) is 8.69. The molecule has 0 saturated carbocycles. The minimum Gasteiger partial charge on any atom is -0.339 e. The van der Waals surface area contributed by atoms with Crippen molar-refractivity contribution in [3.05, 3.63) is 64.9 Å². The van der Waals surface area contributed by atoms with E-state index in [0.29, 0.717) is 22.6 Å². The Bertz CT molecular complexity index is 1170. The number of nitrogens with one attached hydrogen (secondary N) is 3. The number of fused-ring (bicyclic) bond motifs is 1. The SMILES string of the molecule is Cc1[nH]nc(C(=O)Nc2cnc3[nH]c(-c4cccc(F)c4C)cc3c2)c1C. The Balaban J connectivity index is 1.66. The maximum atomic E-state index is 13.8. The predicted molar refractivity (Wildman–Crippen MR) is 102 cm³/mol. The van der Waals surface area contributed by atoms with E-state index in [1.165, 1.54) is 6.07 Å². The zero-order chi connectivity index (χ0) is 19.1. The first-order chi connectivity index (χ1) is 12.9. The third kappa shape index (κ3) is 2.97. The summed E-state index contributed by atoms with van der Waals surface area (Å²) in [7, 11) is 0. The molecule has 0 radical (unpaired) electrons. The molecule has 0 bridgehead atoms. The molecule has 0 atom stereocenters. The fourth-order valence-electron chi connectivity index (χ4n) is 3.02. The van der Waals surface area contributed by atoms with Crippen molar-refractivity contribution in [2.75, 3.05) is 5.32 Å². The van der Waals surface area contributed by atoms with Crippen molar-refractivity contribution in [1.82, 2.24) is 20.2 Å². The summed E-state index contributed by atoms with van der Waals surface area (Å²) < 4.78 is 13.8. The third-order valence-corrected chi connectivity index (χ3v) is 4.75. The van der Waals surface area contributed by atoms with Gasteiger partial charge in [-0.3, -0.25) is 9.89 Å². The lowest BCUT2D eigenvalue weighted by Crippen LogP contribution is -2.13. The molecular weight excluding hydrogens is 345 g/mol. The summed E-state index contributed by atoms with van der Waals surface area (Å²) in [6.45, 7) is 5.45. The average Bonchev–Trinajstić information content (AvgIpc) is 3.20. The minimum atomic E-state index is -0.297. The molecule has 0 aliphatic carbocycles. The van der Waals surface area contributed by atoms with Gasteiger partial charge in [-0.25, -0.2) is 9.37 Å². The molecule has 4 aromatic rings. The van der Waals surface area contributed by atoms with Crippen molar-refractivity contribution < 1.29 is 9.18 Å². The van der Waals surface area contributed by atoms with Crippen LogP contribution in [0.1, 0.15) is 27.3 Å². The second kappa shape index (κ2) is 6.35. The van der Waals surface area contributed by atoms with E-state index < -0.39 is 0 Å². The molecule has 0 aliphatic rings. The highest BCUT2D eigenvalue weighted by atomic mass is 19.1. The van der Waals surface area contributed by atoms with E-state index in [4.69, 9.17) is 0 Å². The van der Waals surface area contributed by atoms with Crippen LogP contribution in [-0.4, -0.2) is 26.1 Å². The van der Waals surface area contributed by atoms with Crippen LogP contribution < -0.4 is 5.32 Å². The predicted octanol–water partition coefficient (Wildman–Crippen LogP) is 4.27. The minimum absolute atomic E-state index is 0.253. The van der Waals surface area contributed by atoms with Crippen molar-refractivity contribution in [3.8, 4) is 11.3 Å². The molecule has 3 aromatic heterocycles. The van der Waals surface area contributed by atoms with Crippen molar-refractivity contribution in [3.63, 3.8) is 0 Å². The molecule has 1 aromatic carbocycles. The van der Waals surface area contributed by atoms with E-state index in [0.717, 1.165) is 27.9 Å². The summed E-state index contributed by atoms with van der Waals surface area (Å²) in [5.74, 6) is -0.550. The Kier molecular flexibility index (Phi) is 3.99. The van der Waals surface area contributed by atoms with Gasteiger partial charge in [-0.15, -0.1) is 0 Å². The van der Waals surface area contributed by atoms with Crippen LogP contribution in [0.3, 0.4) is 0 Å². The topological polar surface area (TPSA) is 86.5 Å². The van der Waals surface area contributed by atoms with E-state index >= 15 is 0 Å². The van der Waals surface area contributed by atoms with Crippen LogP contribution in [0, 0.1) is 26.6 Å². The van der Waals surface area contributed by atoms with Gasteiger partial charge < -0.3 is 10.3 Å². The van der Waals surface area contributed by atoms with Crippen molar-refractivity contribution >= 4 is 22.6 Å². The molecule has 1 amide bonds. The van der Waals surface area contributed by atoms with Gasteiger partial charge in [-0.05, 0) is 44.5 Å². The van der Waals surface area contributed by atoms with Gasteiger partial charge in [0, 0.05) is 27.9 Å². The van der Waals surface area contributed by atoms with Gasteiger partial charge in [0.1, 0.15) is 11.5 Å². The van der Waals surface area contributed by atoms with E-state index in [-0.39, 0.29) is 11.7 Å². The van der Waals surface area contributed by atoms with E-state index in [2.05, 4.69) is 25.5 Å². The number of anilines is 1. The van der Waals surface area contributed by atoms with Crippen LogP contribution in [0.15, 0.2) is 36.5 Å². The fourth-order valence-corrected chi connectivity index (χ4v) is 3.02. The number of H-pyrrole nitrogens is 2. The monoisotopic (exact) mass is 363 g/mol.